The fraction of sp³-hybridized carbons (Fsp3) is 0.143. The molecule has 3 aromatic rings. The summed E-state index contributed by atoms with van der Waals surface area (Å²) in [6.07, 6.45) is -1.41. The zero-order chi connectivity index (χ0) is 14.9. The smallest absolute Gasteiger partial charge is 0.379 e. The molecule has 0 aliphatic rings. The van der Waals surface area contributed by atoms with Gasteiger partial charge in [-0.05, 0) is 24.3 Å². The van der Waals surface area contributed by atoms with Crippen molar-refractivity contribution in [3.63, 3.8) is 0 Å². The number of aromatic nitrogens is 2. The lowest BCUT2D eigenvalue weighted by molar-refractivity contribution is -0.137. The Kier molecular flexibility index (Phi) is 3.25. The van der Waals surface area contributed by atoms with Crippen molar-refractivity contribution in [2.45, 2.75) is 12.7 Å². The minimum atomic E-state index is -4.38. The molecule has 0 bridgehead atoms. The number of anilines is 1. The molecule has 0 spiro atoms. The Hall–Kier alpha value is -2.57. The highest BCUT2D eigenvalue weighted by atomic mass is 19.4. The number of hydrogen-bond acceptors (Lipinski definition) is 4. The van der Waals surface area contributed by atoms with E-state index in [9.17, 15) is 13.2 Å². The van der Waals surface area contributed by atoms with Gasteiger partial charge in [0.1, 0.15) is 12.0 Å². The molecule has 3 rings (SSSR count). The van der Waals surface area contributed by atoms with E-state index < -0.39 is 11.7 Å². The molecule has 4 nitrogen and oxygen atoms in total. The zero-order valence-corrected chi connectivity index (χ0v) is 10.7. The van der Waals surface area contributed by atoms with Crippen molar-refractivity contribution in [3.05, 3.63) is 54.0 Å². The van der Waals surface area contributed by atoms with Crippen molar-refractivity contribution < 1.29 is 17.7 Å². The Labute approximate surface area is 117 Å². The van der Waals surface area contributed by atoms with Crippen LogP contribution in [0.5, 0.6) is 0 Å². The van der Waals surface area contributed by atoms with Gasteiger partial charge in [0.15, 0.2) is 0 Å². The molecular formula is C14H10F3N3O. The largest absolute Gasteiger partial charge is 0.416 e. The Morgan fingerprint density at radius 2 is 2.00 bits per heavy atom. The maximum Gasteiger partial charge on any atom is 0.416 e. The van der Waals surface area contributed by atoms with Crippen molar-refractivity contribution in [2.24, 2.45) is 0 Å². The van der Waals surface area contributed by atoms with Crippen LogP contribution in [0.15, 0.2) is 47.3 Å². The SMILES string of the molecule is FC(F)(F)c1ccc2nccc(NCc3ccon3)c2c1. The number of nitrogens with one attached hydrogen (secondary N) is 1. The van der Waals surface area contributed by atoms with Gasteiger partial charge in [-0.1, -0.05) is 5.16 Å². The first kappa shape index (κ1) is 13.4. The van der Waals surface area contributed by atoms with Gasteiger partial charge in [-0.15, -0.1) is 0 Å². The first-order valence-electron chi connectivity index (χ1n) is 6.13. The molecule has 0 atom stereocenters. The second-order valence-corrected chi connectivity index (χ2v) is 4.43. The molecule has 0 amide bonds. The second kappa shape index (κ2) is 5.08. The van der Waals surface area contributed by atoms with E-state index in [1.54, 1.807) is 18.3 Å². The van der Waals surface area contributed by atoms with Gasteiger partial charge in [0.05, 0.1) is 17.6 Å². The zero-order valence-electron chi connectivity index (χ0n) is 10.7. The van der Waals surface area contributed by atoms with Crippen molar-refractivity contribution in [1.82, 2.24) is 10.1 Å². The molecular weight excluding hydrogens is 283 g/mol. The monoisotopic (exact) mass is 293 g/mol. The summed E-state index contributed by atoms with van der Waals surface area (Å²) >= 11 is 0. The number of halogens is 3. The molecule has 0 radical (unpaired) electrons. The Morgan fingerprint density at radius 1 is 1.14 bits per heavy atom. The number of hydrogen-bond donors (Lipinski definition) is 1. The van der Waals surface area contributed by atoms with E-state index in [4.69, 9.17) is 4.52 Å². The van der Waals surface area contributed by atoms with E-state index in [0.717, 1.165) is 12.1 Å². The molecule has 0 unspecified atom stereocenters. The fourth-order valence-electron chi connectivity index (χ4n) is 1.99. The molecule has 0 fully saturated rings. The molecule has 108 valence electrons. The molecule has 1 N–H and O–H groups in total. The Bertz CT molecular complexity index is 754. The standard InChI is InChI=1S/C14H10F3N3O/c15-14(16,17)9-1-2-12-11(7-9)13(3-5-18-12)19-8-10-4-6-21-20-10/h1-7H,8H2,(H,18,19). The number of fused-ring (bicyclic) bond motifs is 1. The van der Waals surface area contributed by atoms with Crippen LogP contribution in [0, 0.1) is 0 Å². The van der Waals surface area contributed by atoms with Gasteiger partial charge in [-0.25, -0.2) is 0 Å². The third-order valence-electron chi connectivity index (χ3n) is 3.02. The molecule has 0 aliphatic heterocycles. The summed E-state index contributed by atoms with van der Waals surface area (Å²) in [7, 11) is 0. The minimum Gasteiger partial charge on any atom is -0.379 e. The van der Waals surface area contributed by atoms with Gasteiger partial charge in [0.2, 0.25) is 0 Å². The van der Waals surface area contributed by atoms with E-state index in [1.165, 1.54) is 12.3 Å². The summed E-state index contributed by atoms with van der Waals surface area (Å²) < 4.78 is 43.1. The van der Waals surface area contributed by atoms with Crippen LogP contribution in [0.25, 0.3) is 10.9 Å². The second-order valence-electron chi connectivity index (χ2n) is 4.43. The summed E-state index contributed by atoms with van der Waals surface area (Å²) in [5, 5.41) is 7.19. The summed E-state index contributed by atoms with van der Waals surface area (Å²) in [6.45, 7) is 0.353. The van der Waals surface area contributed by atoms with Gasteiger partial charge in [0, 0.05) is 23.3 Å². The topological polar surface area (TPSA) is 51.0 Å². The van der Waals surface area contributed by atoms with E-state index in [2.05, 4.69) is 15.5 Å². The number of alkyl halides is 3. The van der Waals surface area contributed by atoms with Crippen LogP contribution in [-0.4, -0.2) is 10.1 Å². The molecule has 2 heterocycles. The summed E-state index contributed by atoms with van der Waals surface area (Å²) in [6, 6.07) is 6.78. The lowest BCUT2D eigenvalue weighted by Crippen LogP contribution is -2.05. The predicted molar refractivity (Wildman–Crippen MR) is 70.6 cm³/mol. The van der Waals surface area contributed by atoms with Crippen molar-refractivity contribution in [2.75, 3.05) is 5.32 Å². The fourth-order valence-corrected chi connectivity index (χ4v) is 1.99. The van der Waals surface area contributed by atoms with E-state index in [-0.39, 0.29) is 0 Å². The molecule has 0 saturated carbocycles. The highest BCUT2D eigenvalue weighted by molar-refractivity contribution is 5.91. The average Bonchev–Trinajstić information content (AvgIpc) is 2.96. The van der Waals surface area contributed by atoms with Crippen LogP contribution in [0.1, 0.15) is 11.3 Å². The number of rotatable bonds is 3. The molecule has 2 aromatic heterocycles. The minimum absolute atomic E-state index is 0.353. The van der Waals surface area contributed by atoms with Crippen LogP contribution in [0.4, 0.5) is 18.9 Å². The van der Waals surface area contributed by atoms with Crippen LogP contribution in [0.3, 0.4) is 0 Å². The molecule has 7 heteroatoms. The number of pyridine rings is 1. The summed E-state index contributed by atoms with van der Waals surface area (Å²) in [5.74, 6) is 0. The van der Waals surface area contributed by atoms with Crippen molar-refractivity contribution in [1.29, 1.82) is 0 Å². The van der Waals surface area contributed by atoms with Gasteiger partial charge >= 0.3 is 6.18 Å². The third kappa shape index (κ3) is 2.81. The summed E-state index contributed by atoms with van der Waals surface area (Å²) in [5.41, 5.74) is 1.02. The maximum absolute atomic E-state index is 12.8. The molecule has 1 aromatic carbocycles. The normalized spacial score (nSPS) is 11.8. The lowest BCUT2D eigenvalue weighted by Gasteiger charge is -2.11. The van der Waals surface area contributed by atoms with Gasteiger partial charge in [-0.2, -0.15) is 13.2 Å². The first-order chi connectivity index (χ1) is 10.0. The maximum atomic E-state index is 12.8. The first-order valence-corrected chi connectivity index (χ1v) is 6.13. The number of nitrogens with zero attached hydrogens (tertiary/aromatic N) is 2. The van der Waals surface area contributed by atoms with Crippen LogP contribution in [0.2, 0.25) is 0 Å². The third-order valence-corrected chi connectivity index (χ3v) is 3.02. The highest BCUT2D eigenvalue weighted by Crippen LogP contribution is 2.33. The highest BCUT2D eigenvalue weighted by Gasteiger charge is 2.30. The quantitative estimate of drug-likeness (QED) is 0.796. The summed E-state index contributed by atoms with van der Waals surface area (Å²) in [4.78, 5) is 4.07. The van der Waals surface area contributed by atoms with E-state index in [1.807, 2.05) is 0 Å². The Morgan fingerprint density at radius 3 is 2.71 bits per heavy atom. The average molecular weight is 293 g/mol. The molecule has 0 saturated heterocycles. The van der Waals surface area contributed by atoms with E-state index in [0.29, 0.717) is 28.8 Å². The molecule has 21 heavy (non-hydrogen) atoms. The van der Waals surface area contributed by atoms with Crippen LogP contribution in [-0.2, 0) is 12.7 Å². The lowest BCUT2D eigenvalue weighted by atomic mass is 10.1. The van der Waals surface area contributed by atoms with Crippen LogP contribution < -0.4 is 5.32 Å². The van der Waals surface area contributed by atoms with Gasteiger partial charge < -0.3 is 9.84 Å². The van der Waals surface area contributed by atoms with Gasteiger partial charge in [-0.3, -0.25) is 4.98 Å². The van der Waals surface area contributed by atoms with E-state index >= 15 is 0 Å². The van der Waals surface area contributed by atoms with Crippen LogP contribution >= 0.6 is 0 Å². The van der Waals surface area contributed by atoms with Crippen molar-refractivity contribution >= 4 is 16.6 Å². The Balaban J connectivity index is 1.97. The van der Waals surface area contributed by atoms with Gasteiger partial charge in [0.25, 0.3) is 0 Å². The predicted octanol–water partition coefficient (Wildman–Crippen LogP) is 3.85. The van der Waals surface area contributed by atoms with Crippen molar-refractivity contribution in [3.8, 4) is 0 Å². The number of benzene rings is 1. The molecule has 0 aliphatic carbocycles.